The quantitative estimate of drug-likeness (QED) is 0.158. The molecule has 1 heterocycles. The van der Waals surface area contributed by atoms with Crippen LogP contribution in [0.1, 0.15) is 44.1 Å². The maximum Gasteiger partial charge on any atom is 0.0541 e. The van der Waals surface area contributed by atoms with Gasteiger partial charge in [0.05, 0.1) is 11.0 Å². The normalized spacial score (nSPS) is 27.5. The zero-order valence-electron chi connectivity index (χ0n) is 32.9. The first kappa shape index (κ1) is 33.1. The zero-order chi connectivity index (χ0) is 38.0. The van der Waals surface area contributed by atoms with E-state index in [-0.39, 0.29) is 0 Å². The van der Waals surface area contributed by atoms with Gasteiger partial charge in [-0.2, -0.15) is 0 Å². The van der Waals surface area contributed by atoms with E-state index in [0.29, 0.717) is 5.41 Å². The minimum Gasteiger partial charge on any atom is -0.311 e. The summed E-state index contributed by atoms with van der Waals surface area (Å²) in [6, 6.07) is 65.7. The molecule has 7 saturated carbocycles. The van der Waals surface area contributed by atoms with Crippen molar-refractivity contribution in [1.29, 1.82) is 0 Å². The number of rotatable bonds is 7. The number of benzene rings is 7. The summed E-state index contributed by atoms with van der Waals surface area (Å²) in [5, 5.41) is 2.56. The Hall–Kier alpha value is -5.86. The Morgan fingerprint density at radius 3 is 1.60 bits per heavy atom. The van der Waals surface area contributed by atoms with Gasteiger partial charge in [-0.3, -0.25) is 0 Å². The molecule has 0 N–H and O–H groups in total. The first-order chi connectivity index (χ1) is 28.7. The lowest BCUT2D eigenvalue weighted by molar-refractivity contribution is -0.220. The number of aromatic nitrogens is 1. The molecule has 8 aromatic rings. The summed E-state index contributed by atoms with van der Waals surface area (Å²) in [7, 11) is 0. The topological polar surface area (TPSA) is 8.17 Å². The molecule has 8 bridgehead atoms. The van der Waals surface area contributed by atoms with E-state index < -0.39 is 0 Å². The molecule has 0 spiro atoms. The third kappa shape index (κ3) is 4.78. The minimum atomic E-state index is 0.417. The van der Waals surface area contributed by atoms with Crippen LogP contribution in [-0.2, 0) is 5.41 Å². The van der Waals surface area contributed by atoms with Gasteiger partial charge in [0.25, 0.3) is 0 Å². The van der Waals surface area contributed by atoms with Gasteiger partial charge in [-0.1, -0.05) is 109 Å². The highest BCUT2D eigenvalue weighted by Crippen LogP contribution is 2.76. The number of fused-ring (bicyclic) bond motifs is 3. The highest BCUT2D eigenvalue weighted by molar-refractivity contribution is 6.10. The van der Waals surface area contributed by atoms with Crippen molar-refractivity contribution >= 4 is 38.9 Å². The van der Waals surface area contributed by atoms with Crippen molar-refractivity contribution in [2.24, 2.45) is 41.4 Å². The van der Waals surface area contributed by atoms with Crippen molar-refractivity contribution in [3.05, 3.63) is 181 Å². The van der Waals surface area contributed by atoms with Crippen molar-refractivity contribution in [3.8, 4) is 27.9 Å². The van der Waals surface area contributed by atoms with Gasteiger partial charge in [0.1, 0.15) is 0 Å². The molecular weight excluding hydrogens is 701 g/mol. The highest BCUT2D eigenvalue weighted by atomic mass is 15.1. The zero-order valence-corrected chi connectivity index (χ0v) is 32.9. The van der Waals surface area contributed by atoms with E-state index in [9.17, 15) is 0 Å². The summed E-state index contributed by atoms with van der Waals surface area (Å²) in [6.07, 6.45) is 9.03. The van der Waals surface area contributed by atoms with Crippen molar-refractivity contribution in [2.45, 2.75) is 43.9 Å². The van der Waals surface area contributed by atoms with Crippen LogP contribution in [0.2, 0.25) is 0 Å². The van der Waals surface area contributed by atoms with Crippen LogP contribution in [0.15, 0.2) is 176 Å². The molecule has 7 aliphatic carbocycles. The Morgan fingerprint density at radius 1 is 0.414 bits per heavy atom. The van der Waals surface area contributed by atoms with Crippen molar-refractivity contribution in [3.63, 3.8) is 0 Å². The summed E-state index contributed by atoms with van der Waals surface area (Å²) in [4.78, 5) is 2.47. The summed E-state index contributed by atoms with van der Waals surface area (Å²) in [5.41, 5.74) is 14.3. The average Bonchev–Trinajstić information content (AvgIpc) is 3.63. The molecule has 4 unspecified atom stereocenters. The number of hydrogen-bond donors (Lipinski definition) is 0. The number of nitrogens with zero attached hydrogens (tertiary/aromatic N) is 2. The second-order valence-corrected chi connectivity index (χ2v) is 18.6. The van der Waals surface area contributed by atoms with Crippen LogP contribution in [-0.4, -0.2) is 4.57 Å². The lowest BCUT2D eigenvalue weighted by Crippen LogP contribution is -2.69. The molecule has 15 rings (SSSR count). The fraction of sp³-hybridized carbons (Fsp3) is 0.250. The summed E-state index contributed by atoms with van der Waals surface area (Å²) in [5.74, 6) is 6.81. The van der Waals surface area contributed by atoms with Crippen LogP contribution in [0.4, 0.5) is 17.1 Å². The molecule has 7 aliphatic rings. The van der Waals surface area contributed by atoms with E-state index >= 15 is 0 Å². The molecule has 0 aliphatic heterocycles. The Kier molecular flexibility index (Phi) is 7.18. The Labute approximate surface area is 341 Å². The molecule has 0 radical (unpaired) electrons. The standard InChI is InChI=1S/C56H48N2/c1-3-9-38(10-4-1)39-15-22-44(23-16-39)57(46-26-20-42(21-27-46)56-35-37-30-49-48-29-36(32-52(49)56)33-53(56)50(48)31-37)45-24-17-40(18-25-45)41-19-28-55-51(34-41)47-13-7-8-14-54(47)58(55)43-11-5-2-6-12-43/h1-28,34,36-37,48-50,52-53H,29-33,35H2. The van der Waals surface area contributed by atoms with Crippen LogP contribution >= 0.6 is 0 Å². The number of para-hydroxylation sites is 2. The minimum absolute atomic E-state index is 0.417. The van der Waals surface area contributed by atoms with Crippen LogP contribution in [0.5, 0.6) is 0 Å². The molecule has 58 heavy (non-hydrogen) atoms. The van der Waals surface area contributed by atoms with Gasteiger partial charge < -0.3 is 9.47 Å². The van der Waals surface area contributed by atoms with E-state index in [1.54, 1.807) is 12.0 Å². The smallest absolute Gasteiger partial charge is 0.0541 e. The largest absolute Gasteiger partial charge is 0.311 e. The molecule has 0 saturated heterocycles. The van der Waals surface area contributed by atoms with Gasteiger partial charge in [0.2, 0.25) is 0 Å². The van der Waals surface area contributed by atoms with Crippen LogP contribution < -0.4 is 4.90 Å². The van der Waals surface area contributed by atoms with E-state index in [0.717, 1.165) is 41.4 Å². The summed E-state index contributed by atoms with van der Waals surface area (Å²) in [6.45, 7) is 0. The third-order valence-corrected chi connectivity index (χ3v) is 16.1. The first-order valence-corrected chi connectivity index (χ1v) is 21.9. The number of anilines is 3. The molecule has 2 heteroatoms. The van der Waals surface area contributed by atoms with Crippen molar-refractivity contribution in [1.82, 2.24) is 4.57 Å². The van der Waals surface area contributed by atoms with E-state index in [1.807, 2.05) is 0 Å². The predicted octanol–water partition coefficient (Wildman–Crippen LogP) is 14.5. The second-order valence-electron chi connectivity index (χ2n) is 18.6. The summed E-state index contributed by atoms with van der Waals surface area (Å²) >= 11 is 0. The number of hydrogen-bond acceptors (Lipinski definition) is 1. The predicted molar refractivity (Wildman–Crippen MR) is 240 cm³/mol. The Balaban J connectivity index is 0.880. The van der Waals surface area contributed by atoms with Gasteiger partial charge in [0, 0.05) is 38.9 Å². The molecule has 4 atom stereocenters. The average molecular weight is 749 g/mol. The van der Waals surface area contributed by atoms with Gasteiger partial charge in [-0.05, 0) is 174 Å². The van der Waals surface area contributed by atoms with Crippen LogP contribution in [0.25, 0.3) is 49.7 Å². The maximum atomic E-state index is 2.57. The highest BCUT2D eigenvalue weighted by Gasteiger charge is 2.70. The molecule has 7 fully saturated rings. The lowest BCUT2D eigenvalue weighted by Gasteiger charge is -2.74. The van der Waals surface area contributed by atoms with Crippen LogP contribution in [0, 0.1) is 41.4 Å². The van der Waals surface area contributed by atoms with Gasteiger partial charge in [-0.25, -0.2) is 0 Å². The van der Waals surface area contributed by atoms with E-state index in [1.165, 1.54) is 98.9 Å². The van der Waals surface area contributed by atoms with Gasteiger partial charge in [-0.15, -0.1) is 0 Å². The monoisotopic (exact) mass is 748 g/mol. The molecule has 0 amide bonds. The first-order valence-electron chi connectivity index (χ1n) is 21.9. The van der Waals surface area contributed by atoms with Crippen LogP contribution in [0.3, 0.4) is 0 Å². The molecule has 282 valence electrons. The van der Waals surface area contributed by atoms with Gasteiger partial charge >= 0.3 is 0 Å². The SMILES string of the molecule is c1ccc(-c2ccc(N(c3ccc(-c4ccc5c(c4)c4ccccc4n5-c4ccccc4)cc3)c3ccc(C45CC6CC7C8CC(CC74)CC5C8C6)cc3)cc2)cc1. The molecule has 1 aromatic heterocycles. The molecular formula is C56H48N2. The Bertz CT molecular complexity index is 2790. The fourth-order valence-electron chi connectivity index (χ4n) is 14.1. The van der Waals surface area contributed by atoms with Crippen molar-refractivity contribution in [2.75, 3.05) is 4.90 Å². The summed E-state index contributed by atoms with van der Waals surface area (Å²) < 4.78 is 2.39. The van der Waals surface area contributed by atoms with E-state index in [4.69, 9.17) is 0 Å². The fourth-order valence-corrected chi connectivity index (χ4v) is 14.1. The second kappa shape index (κ2) is 12.6. The maximum absolute atomic E-state index is 2.57. The van der Waals surface area contributed by atoms with Gasteiger partial charge in [0.15, 0.2) is 0 Å². The van der Waals surface area contributed by atoms with E-state index in [2.05, 4.69) is 185 Å². The Morgan fingerprint density at radius 2 is 0.931 bits per heavy atom. The molecule has 7 aromatic carbocycles. The lowest BCUT2D eigenvalue weighted by atomic mass is 9.30. The third-order valence-electron chi connectivity index (χ3n) is 16.1. The molecule has 2 nitrogen and oxygen atoms in total. The van der Waals surface area contributed by atoms with Crippen molar-refractivity contribution < 1.29 is 0 Å².